The third-order valence-electron chi connectivity index (χ3n) is 3.55. The first kappa shape index (κ1) is 18.3. The number of quaternary nitrogens is 1. The lowest BCUT2D eigenvalue weighted by molar-refractivity contribution is -0.927. The molecule has 0 aromatic heterocycles. The Morgan fingerprint density at radius 3 is 2.57 bits per heavy atom. The second-order valence-corrected chi connectivity index (χ2v) is 7.63. The minimum Gasteiger partial charge on any atom is -0.286 e. The van der Waals surface area contributed by atoms with Crippen molar-refractivity contribution in [3.8, 4) is 0 Å². The van der Waals surface area contributed by atoms with E-state index >= 15 is 0 Å². The van der Waals surface area contributed by atoms with Gasteiger partial charge in [0.05, 0.1) is 31.5 Å². The van der Waals surface area contributed by atoms with Gasteiger partial charge < -0.3 is 0 Å². The number of hydrogen-bond acceptors (Lipinski definition) is 4. The molecule has 8 heteroatoms. The molecule has 6 nitrogen and oxygen atoms in total. The first-order chi connectivity index (χ1) is 9.77. The smallest absolute Gasteiger partial charge is 0.286 e. The van der Waals surface area contributed by atoms with Crippen molar-refractivity contribution in [2.75, 3.05) is 31.8 Å². The number of carbonyl (C=O) groups is 1. The first-order valence-electron chi connectivity index (χ1n) is 6.96. The van der Waals surface area contributed by atoms with Gasteiger partial charge in [-0.3, -0.25) is 4.55 Å². The Morgan fingerprint density at radius 2 is 2.10 bits per heavy atom. The number of nitrogens with zero attached hydrogens (tertiary/aromatic N) is 2. The number of piperidine rings is 1. The zero-order valence-electron chi connectivity index (χ0n) is 12.6. The van der Waals surface area contributed by atoms with Crippen LogP contribution in [-0.4, -0.2) is 65.9 Å². The zero-order valence-corrected chi connectivity index (χ0v) is 14.2. The van der Waals surface area contributed by atoms with E-state index in [9.17, 15) is 13.2 Å². The monoisotopic (exact) mass is 336 g/mol. The molecule has 1 N–H and O–H groups in total. The molecule has 1 atom stereocenters. The van der Waals surface area contributed by atoms with Gasteiger partial charge in [-0.2, -0.15) is 13.0 Å². The number of carbonyl (C=O) groups excluding carboxylic acids is 1. The van der Waals surface area contributed by atoms with E-state index in [-0.39, 0.29) is 0 Å². The second kappa shape index (κ2) is 8.07. The Kier molecular flexibility index (Phi) is 7.05. The van der Waals surface area contributed by atoms with Crippen molar-refractivity contribution < 1.29 is 26.8 Å². The molecular weight excluding hydrogens is 312 g/mol. The minimum absolute atomic E-state index is 0.425. The van der Waals surface area contributed by atoms with Crippen molar-refractivity contribution in [3.05, 3.63) is 11.6 Å². The highest BCUT2D eigenvalue weighted by Gasteiger charge is 2.40. The highest BCUT2D eigenvalue weighted by atomic mass is 32.2. The summed E-state index contributed by atoms with van der Waals surface area (Å²) in [6, 6.07) is 0. The van der Waals surface area contributed by atoms with Crippen molar-refractivity contribution in [2.45, 2.75) is 26.2 Å². The van der Waals surface area contributed by atoms with Crippen LogP contribution in [0.3, 0.4) is 0 Å². The summed E-state index contributed by atoms with van der Waals surface area (Å²) in [4.78, 5) is 12.1. The number of amides is 1. The van der Waals surface area contributed by atoms with Gasteiger partial charge in [-0.25, -0.2) is 9.28 Å². The SMILES string of the molecule is CC[N+]1(C[N+]2=CCSC=C2)CCCCC1=O.CS(=O)(=O)O. The van der Waals surface area contributed by atoms with Gasteiger partial charge in [0.25, 0.3) is 16.8 Å². The Bertz CT molecular complexity index is 520. The minimum atomic E-state index is -3.67. The average Bonchev–Trinajstić information content (AvgIpc) is 2.41. The van der Waals surface area contributed by atoms with Gasteiger partial charge in [0.1, 0.15) is 0 Å². The topological polar surface area (TPSA) is 74.5 Å². The number of thioether (sulfide) groups is 1. The van der Waals surface area contributed by atoms with Crippen molar-refractivity contribution in [3.63, 3.8) is 0 Å². The standard InChI is InChI=1S/C12H20N2OS.CH4O3S/c1-2-14(8-4-3-5-12(14)15)11-13-6-9-16-10-7-13;1-5(2,3)4/h6-7,9H,2-5,8,10-11H2,1H3;1H3,(H,2,3,4)/q+2;. The van der Waals surface area contributed by atoms with E-state index in [1.54, 1.807) is 11.8 Å². The van der Waals surface area contributed by atoms with E-state index in [0.717, 1.165) is 38.4 Å². The van der Waals surface area contributed by atoms with Crippen LogP contribution in [0, 0.1) is 0 Å². The van der Waals surface area contributed by atoms with Gasteiger partial charge in [0, 0.05) is 5.41 Å². The normalized spacial score (nSPS) is 25.9. The Morgan fingerprint density at radius 1 is 1.43 bits per heavy atom. The van der Waals surface area contributed by atoms with Crippen molar-refractivity contribution >= 4 is 34.0 Å². The summed E-state index contributed by atoms with van der Waals surface area (Å²) >= 11 is 1.80. The molecule has 0 saturated carbocycles. The molecule has 0 aromatic rings. The van der Waals surface area contributed by atoms with Gasteiger partial charge in [-0.15, -0.1) is 11.8 Å². The van der Waals surface area contributed by atoms with Crippen molar-refractivity contribution in [2.24, 2.45) is 0 Å². The van der Waals surface area contributed by atoms with E-state index in [0.29, 0.717) is 16.6 Å². The first-order valence-corrected chi connectivity index (χ1v) is 9.86. The molecule has 0 bridgehead atoms. The van der Waals surface area contributed by atoms with Crippen LogP contribution in [0.2, 0.25) is 0 Å². The molecule has 1 amide bonds. The van der Waals surface area contributed by atoms with Gasteiger partial charge in [0.2, 0.25) is 0 Å². The molecule has 120 valence electrons. The van der Waals surface area contributed by atoms with Crippen LogP contribution < -0.4 is 0 Å². The summed E-state index contributed by atoms with van der Waals surface area (Å²) in [6.07, 6.45) is 8.02. The largest absolute Gasteiger partial charge is 0.318 e. The summed E-state index contributed by atoms with van der Waals surface area (Å²) in [5.74, 6) is 1.45. The molecule has 0 aromatic carbocycles. The molecule has 1 fully saturated rings. The maximum Gasteiger partial charge on any atom is 0.318 e. The van der Waals surface area contributed by atoms with Gasteiger partial charge >= 0.3 is 5.91 Å². The molecule has 2 heterocycles. The fourth-order valence-electron chi connectivity index (χ4n) is 2.43. The predicted octanol–water partition coefficient (Wildman–Crippen LogP) is 1.30. The fourth-order valence-corrected chi connectivity index (χ4v) is 3.06. The lowest BCUT2D eigenvalue weighted by Crippen LogP contribution is -2.58. The van der Waals surface area contributed by atoms with Crippen molar-refractivity contribution in [1.29, 1.82) is 0 Å². The van der Waals surface area contributed by atoms with Crippen molar-refractivity contribution in [1.82, 2.24) is 0 Å². The maximum absolute atomic E-state index is 12.1. The summed E-state index contributed by atoms with van der Waals surface area (Å²) in [5, 5.41) is 2.11. The van der Waals surface area contributed by atoms with Crippen LogP contribution in [0.5, 0.6) is 0 Å². The van der Waals surface area contributed by atoms with Gasteiger partial charge in [0.15, 0.2) is 12.4 Å². The van der Waals surface area contributed by atoms with E-state index in [4.69, 9.17) is 4.55 Å². The predicted molar refractivity (Wildman–Crippen MR) is 84.8 cm³/mol. The number of hydrogen-bond donors (Lipinski definition) is 1. The number of likely N-dealkylation sites (tertiary alicyclic amines) is 1. The highest BCUT2D eigenvalue weighted by molar-refractivity contribution is 8.02. The van der Waals surface area contributed by atoms with Crippen LogP contribution in [0.15, 0.2) is 11.6 Å². The van der Waals surface area contributed by atoms with Gasteiger partial charge in [-0.1, -0.05) is 0 Å². The van der Waals surface area contributed by atoms with Crippen LogP contribution in [0.25, 0.3) is 0 Å². The lowest BCUT2D eigenvalue weighted by Gasteiger charge is -2.35. The molecule has 0 aliphatic carbocycles. The third kappa shape index (κ3) is 6.73. The molecule has 0 spiro atoms. The second-order valence-electron chi connectivity index (χ2n) is 5.23. The summed E-state index contributed by atoms with van der Waals surface area (Å²) in [6.45, 7) is 4.89. The van der Waals surface area contributed by atoms with E-state index in [1.165, 1.54) is 6.42 Å². The average molecular weight is 336 g/mol. The molecule has 2 rings (SSSR count). The van der Waals surface area contributed by atoms with Crippen LogP contribution >= 0.6 is 11.8 Å². The fraction of sp³-hybridized carbons (Fsp3) is 0.692. The van der Waals surface area contributed by atoms with Gasteiger partial charge in [-0.05, 0) is 19.8 Å². The molecule has 0 radical (unpaired) electrons. The summed E-state index contributed by atoms with van der Waals surface area (Å²) < 4.78 is 28.7. The van der Waals surface area contributed by atoms with Crippen LogP contribution in [0.1, 0.15) is 26.2 Å². The molecule has 1 saturated heterocycles. The summed E-state index contributed by atoms with van der Waals surface area (Å²) in [5.41, 5.74) is 0. The Labute approximate surface area is 130 Å². The molecular formula is C13H24N2O4S2+2. The maximum atomic E-state index is 12.1. The van der Waals surface area contributed by atoms with E-state index < -0.39 is 10.1 Å². The molecule has 2 aliphatic heterocycles. The van der Waals surface area contributed by atoms with E-state index in [1.807, 2.05) is 0 Å². The summed E-state index contributed by atoms with van der Waals surface area (Å²) in [7, 11) is -3.67. The quantitative estimate of drug-likeness (QED) is 0.478. The van der Waals surface area contributed by atoms with Crippen LogP contribution in [-0.2, 0) is 14.9 Å². The highest BCUT2D eigenvalue weighted by Crippen LogP contribution is 2.20. The molecule has 2 aliphatic rings. The Balaban J connectivity index is 0.000000383. The lowest BCUT2D eigenvalue weighted by atomic mass is 10.1. The molecule has 1 unspecified atom stereocenters. The van der Waals surface area contributed by atoms with Crippen LogP contribution in [0.4, 0.5) is 0 Å². The van der Waals surface area contributed by atoms with E-state index in [2.05, 4.69) is 29.3 Å². The number of rotatable bonds is 3. The zero-order chi connectivity index (χ0) is 15.9. The Hall–Kier alpha value is -0.700. The third-order valence-corrected chi connectivity index (χ3v) is 4.20. The molecule has 21 heavy (non-hydrogen) atoms.